The van der Waals surface area contributed by atoms with E-state index in [9.17, 15) is 23.1 Å². The van der Waals surface area contributed by atoms with Crippen molar-refractivity contribution in [3.63, 3.8) is 0 Å². The molecule has 2 fully saturated rings. The van der Waals surface area contributed by atoms with E-state index in [1.165, 1.54) is 4.90 Å². The molecule has 2 aliphatic rings. The minimum Gasteiger partial charge on any atom is -0.394 e. The minimum atomic E-state index is -4.21. The van der Waals surface area contributed by atoms with Gasteiger partial charge in [-0.3, -0.25) is 4.90 Å². The second kappa shape index (κ2) is 6.39. The van der Waals surface area contributed by atoms with Gasteiger partial charge in [-0.2, -0.15) is 13.2 Å². The van der Waals surface area contributed by atoms with Gasteiger partial charge in [0, 0.05) is 19.1 Å². The zero-order valence-corrected chi connectivity index (χ0v) is 11.9. The maximum absolute atomic E-state index is 12.3. The number of nitrogens with one attached hydrogen (secondary N) is 2. The van der Waals surface area contributed by atoms with Gasteiger partial charge < -0.3 is 15.7 Å². The molecule has 0 aromatic rings. The number of halogens is 3. The van der Waals surface area contributed by atoms with Crippen molar-refractivity contribution >= 4 is 6.03 Å². The average Bonchev–Trinajstić information content (AvgIpc) is 2.98. The maximum atomic E-state index is 12.3. The predicted molar refractivity (Wildman–Crippen MR) is 70.9 cm³/mol. The predicted octanol–water partition coefficient (Wildman–Crippen LogP) is 1.23. The van der Waals surface area contributed by atoms with Gasteiger partial charge in [0.25, 0.3) is 0 Å². The lowest BCUT2D eigenvalue weighted by atomic mass is 9.99. The van der Waals surface area contributed by atoms with Crippen molar-refractivity contribution in [1.29, 1.82) is 0 Å². The number of carbonyl (C=O) groups is 1. The van der Waals surface area contributed by atoms with E-state index in [2.05, 4.69) is 10.6 Å². The molecule has 1 aliphatic carbocycles. The molecule has 0 radical (unpaired) electrons. The van der Waals surface area contributed by atoms with Crippen molar-refractivity contribution in [2.75, 3.05) is 26.2 Å². The Balaban J connectivity index is 1.76. The first-order valence-corrected chi connectivity index (χ1v) is 7.31. The van der Waals surface area contributed by atoms with Gasteiger partial charge in [0.15, 0.2) is 0 Å². The number of amides is 2. The lowest BCUT2D eigenvalue weighted by Crippen LogP contribution is -2.55. The van der Waals surface area contributed by atoms with Crippen molar-refractivity contribution in [3.8, 4) is 0 Å². The van der Waals surface area contributed by atoms with Crippen LogP contribution >= 0.6 is 0 Å². The van der Waals surface area contributed by atoms with E-state index in [0.717, 1.165) is 25.7 Å². The van der Waals surface area contributed by atoms with Crippen molar-refractivity contribution in [2.24, 2.45) is 0 Å². The van der Waals surface area contributed by atoms with Gasteiger partial charge in [-0.15, -0.1) is 0 Å². The van der Waals surface area contributed by atoms with Crippen molar-refractivity contribution in [2.45, 2.75) is 49.9 Å². The number of alkyl halides is 3. The van der Waals surface area contributed by atoms with Gasteiger partial charge in [0.1, 0.15) is 0 Å². The third-order valence-electron chi connectivity index (χ3n) is 4.25. The Morgan fingerprint density at radius 2 is 2.00 bits per heavy atom. The Morgan fingerprint density at radius 1 is 1.33 bits per heavy atom. The molecule has 1 saturated heterocycles. The molecule has 21 heavy (non-hydrogen) atoms. The third kappa shape index (κ3) is 4.74. The molecule has 0 aromatic heterocycles. The van der Waals surface area contributed by atoms with Crippen LogP contribution in [-0.2, 0) is 0 Å². The molecule has 2 rings (SSSR count). The lowest BCUT2D eigenvalue weighted by molar-refractivity contribution is -0.143. The Bertz CT molecular complexity index is 370. The van der Waals surface area contributed by atoms with Gasteiger partial charge in [-0.1, -0.05) is 12.8 Å². The smallest absolute Gasteiger partial charge is 0.394 e. The number of nitrogens with zero attached hydrogens (tertiary/aromatic N) is 1. The number of hydrogen-bond acceptors (Lipinski definition) is 3. The van der Waals surface area contributed by atoms with Crippen LogP contribution < -0.4 is 10.6 Å². The first kappa shape index (κ1) is 16.4. The number of hydrogen-bond donors (Lipinski definition) is 3. The zero-order valence-electron chi connectivity index (χ0n) is 11.9. The molecule has 1 atom stereocenters. The van der Waals surface area contributed by atoms with Crippen LogP contribution in [0.5, 0.6) is 0 Å². The molecule has 3 N–H and O–H groups in total. The molecule has 0 spiro atoms. The summed E-state index contributed by atoms with van der Waals surface area (Å²) in [6.45, 7) is -0.507. The van der Waals surface area contributed by atoms with Gasteiger partial charge in [-0.05, 0) is 19.3 Å². The lowest BCUT2D eigenvalue weighted by Gasteiger charge is -2.29. The molecular formula is C13H22F3N3O2. The van der Waals surface area contributed by atoms with E-state index in [4.69, 9.17) is 0 Å². The standard InChI is InChI=1S/C13H22F3N3O2/c14-13(15,16)8-19-6-3-10(7-19)17-11(21)18-12(9-20)4-1-2-5-12/h10,20H,1-9H2,(H2,17,18,21). The summed E-state index contributed by atoms with van der Waals surface area (Å²) in [7, 11) is 0. The topological polar surface area (TPSA) is 64.6 Å². The highest BCUT2D eigenvalue weighted by Crippen LogP contribution is 2.29. The molecule has 5 nitrogen and oxygen atoms in total. The number of aliphatic hydroxyl groups is 1. The van der Waals surface area contributed by atoms with Crippen LogP contribution in [-0.4, -0.2) is 60.0 Å². The molecular weight excluding hydrogens is 287 g/mol. The Morgan fingerprint density at radius 3 is 2.57 bits per heavy atom. The number of urea groups is 1. The van der Waals surface area contributed by atoms with E-state index in [-0.39, 0.29) is 19.2 Å². The summed E-state index contributed by atoms with van der Waals surface area (Å²) in [6.07, 6.45) is -0.297. The van der Waals surface area contributed by atoms with E-state index in [1.54, 1.807) is 0 Å². The number of carbonyl (C=O) groups excluding carboxylic acids is 1. The van der Waals surface area contributed by atoms with Crippen molar-refractivity contribution in [1.82, 2.24) is 15.5 Å². The molecule has 8 heteroatoms. The average molecular weight is 309 g/mol. The second-order valence-corrected chi connectivity index (χ2v) is 6.08. The largest absolute Gasteiger partial charge is 0.401 e. The monoisotopic (exact) mass is 309 g/mol. The molecule has 0 aromatic carbocycles. The number of likely N-dealkylation sites (tertiary alicyclic amines) is 1. The summed E-state index contributed by atoms with van der Waals surface area (Å²) in [5, 5.41) is 14.9. The molecule has 1 unspecified atom stereocenters. The molecule has 1 heterocycles. The van der Waals surface area contributed by atoms with E-state index in [0.29, 0.717) is 13.0 Å². The Hall–Kier alpha value is -1.02. The van der Waals surface area contributed by atoms with E-state index < -0.39 is 24.3 Å². The highest BCUT2D eigenvalue weighted by Gasteiger charge is 2.37. The normalized spacial score (nSPS) is 26.0. The van der Waals surface area contributed by atoms with E-state index >= 15 is 0 Å². The van der Waals surface area contributed by atoms with E-state index in [1.807, 2.05) is 0 Å². The van der Waals surface area contributed by atoms with Crippen molar-refractivity contribution in [3.05, 3.63) is 0 Å². The highest BCUT2D eigenvalue weighted by molar-refractivity contribution is 5.75. The first-order chi connectivity index (χ1) is 9.82. The summed E-state index contributed by atoms with van der Waals surface area (Å²) in [5.74, 6) is 0. The summed E-state index contributed by atoms with van der Waals surface area (Å²) in [5.41, 5.74) is -0.561. The molecule has 1 aliphatic heterocycles. The van der Waals surface area contributed by atoms with Crippen LogP contribution in [0.4, 0.5) is 18.0 Å². The van der Waals surface area contributed by atoms with Gasteiger partial charge in [-0.25, -0.2) is 4.79 Å². The summed E-state index contributed by atoms with van der Waals surface area (Å²) in [6, 6.07) is -0.672. The Kier molecular flexibility index (Phi) is 4.98. The first-order valence-electron chi connectivity index (χ1n) is 7.31. The van der Waals surface area contributed by atoms with Crippen molar-refractivity contribution < 1.29 is 23.1 Å². The summed E-state index contributed by atoms with van der Waals surface area (Å²) >= 11 is 0. The third-order valence-corrected chi connectivity index (χ3v) is 4.25. The van der Waals surface area contributed by atoms with Crippen LogP contribution in [0.25, 0.3) is 0 Å². The zero-order chi connectivity index (χ0) is 15.5. The number of aliphatic hydroxyl groups excluding tert-OH is 1. The Labute approximate surface area is 121 Å². The van der Waals surface area contributed by atoms with Gasteiger partial charge >= 0.3 is 12.2 Å². The minimum absolute atomic E-state index is 0.106. The fraction of sp³-hybridized carbons (Fsp3) is 0.923. The fourth-order valence-corrected chi connectivity index (χ4v) is 3.18. The summed E-state index contributed by atoms with van der Waals surface area (Å²) in [4.78, 5) is 13.2. The highest BCUT2D eigenvalue weighted by atomic mass is 19.4. The molecule has 0 bridgehead atoms. The number of rotatable bonds is 4. The summed E-state index contributed by atoms with van der Waals surface area (Å²) < 4.78 is 36.9. The van der Waals surface area contributed by atoms with Crippen LogP contribution in [0.3, 0.4) is 0 Å². The van der Waals surface area contributed by atoms with Gasteiger partial charge in [0.2, 0.25) is 0 Å². The van der Waals surface area contributed by atoms with Crippen LogP contribution in [0.15, 0.2) is 0 Å². The molecule has 1 saturated carbocycles. The van der Waals surface area contributed by atoms with Crippen LogP contribution in [0, 0.1) is 0 Å². The quantitative estimate of drug-likeness (QED) is 0.732. The molecule has 2 amide bonds. The SMILES string of the molecule is O=C(NC1CCN(CC(F)(F)F)C1)NC1(CO)CCCC1. The van der Waals surface area contributed by atoms with Gasteiger partial charge in [0.05, 0.1) is 18.7 Å². The van der Waals surface area contributed by atoms with Crippen LogP contribution in [0.2, 0.25) is 0 Å². The maximum Gasteiger partial charge on any atom is 0.401 e. The second-order valence-electron chi connectivity index (χ2n) is 6.08. The molecule has 122 valence electrons. The van der Waals surface area contributed by atoms with Crippen LogP contribution in [0.1, 0.15) is 32.1 Å². The fourth-order valence-electron chi connectivity index (χ4n) is 3.18.